The molecule has 1 aliphatic heterocycles. The van der Waals surface area contributed by atoms with E-state index in [1.54, 1.807) is 0 Å². The summed E-state index contributed by atoms with van der Waals surface area (Å²) in [6.07, 6.45) is 6.45. The number of halogens is 1. The van der Waals surface area contributed by atoms with Crippen molar-refractivity contribution in [2.45, 2.75) is 44.1 Å². The van der Waals surface area contributed by atoms with Gasteiger partial charge in [-0.1, -0.05) is 49.1 Å². The van der Waals surface area contributed by atoms with Crippen molar-refractivity contribution >= 4 is 17.5 Å². The average Bonchev–Trinajstić information content (AvgIpc) is 2.51. The third kappa shape index (κ3) is 3.09. The molecule has 4 heteroatoms. The highest BCUT2D eigenvalue weighted by molar-refractivity contribution is 6.31. The van der Waals surface area contributed by atoms with Crippen LogP contribution in [0.2, 0.25) is 5.02 Å². The molecule has 3 rings (SSSR count). The molecule has 1 saturated carbocycles. The van der Waals surface area contributed by atoms with E-state index in [0.29, 0.717) is 11.4 Å². The summed E-state index contributed by atoms with van der Waals surface area (Å²) in [5.74, 6) is 0.228. The van der Waals surface area contributed by atoms with Crippen LogP contribution in [0.1, 0.15) is 37.7 Å². The molecule has 1 heterocycles. The SMILES string of the molecule is O=C(Cc1ccccc1Cl)N1CCNCC12CCCCC2. The highest BCUT2D eigenvalue weighted by Crippen LogP contribution is 2.35. The molecule has 0 aromatic heterocycles. The molecule has 1 N–H and O–H groups in total. The molecule has 1 saturated heterocycles. The van der Waals surface area contributed by atoms with Crippen molar-refractivity contribution in [2.24, 2.45) is 0 Å². The summed E-state index contributed by atoms with van der Waals surface area (Å²) in [6, 6.07) is 7.67. The lowest BCUT2D eigenvalue weighted by Gasteiger charge is -2.50. The van der Waals surface area contributed by atoms with E-state index in [0.717, 1.165) is 38.0 Å². The second-order valence-electron chi connectivity index (χ2n) is 6.28. The number of nitrogens with one attached hydrogen (secondary N) is 1. The number of nitrogens with zero attached hydrogens (tertiary/aromatic N) is 1. The van der Waals surface area contributed by atoms with Gasteiger partial charge in [-0.05, 0) is 24.5 Å². The Morgan fingerprint density at radius 1 is 1.24 bits per heavy atom. The number of carbonyl (C=O) groups is 1. The Hall–Kier alpha value is -1.06. The zero-order valence-electron chi connectivity index (χ0n) is 12.4. The summed E-state index contributed by atoms with van der Waals surface area (Å²) in [7, 11) is 0. The predicted octanol–water partition coefficient (Wildman–Crippen LogP) is 3.02. The van der Waals surface area contributed by atoms with Gasteiger partial charge in [0, 0.05) is 24.7 Å². The highest BCUT2D eigenvalue weighted by Gasteiger charge is 2.41. The van der Waals surface area contributed by atoms with Gasteiger partial charge in [-0.3, -0.25) is 4.79 Å². The Kier molecular flexibility index (Phi) is 4.51. The second kappa shape index (κ2) is 6.37. The minimum absolute atomic E-state index is 0.0504. The monoisotopic (exact) mass is 306 g/mol. The highest BCUT2D eigenvalue weighted by atomic mass is 35.5. The molecule has 2 fully saturated rings. The number of piperazine rings is 1. The van der Waals surface area contributed by atoms with Gasteiger partial charge >= 0.3 is 0 Å². The zero-order valence-corrected chi connectivity index (χ0v) is 13.2. The molecule has 0 radical (unpaired) electrons. The lowest BCUT2D eigenvalue weighted by molar-refractivity contribution is -0.140. The summed E-state index contributed by atoms with van der Waals surface area (Å²) < 4.78 is 0. The molecule has 114 valence electrons. The van der Waals surface area contributed by atoms with Gasteiger partial charge in [0.1, 0.15) is 0 Å². The van der Waals surface area contributed by atoms with E-state index < -0.39 is 0 Å². The summed E-state index contributed by atoms with van der Waals surface area (Å²) in [6.45, 7) is 2.67. The molecule has 2 aliphatic rings. The lowest BCUT2D eigenvalue weighted by Crippen LogP contribution is -2.63. The van der Waals surface area contributed by atoms with Crippen molar-refractivity contribution in [3.63, 3.8) is 0 Å². The first-order valence-electron chi connectivity index (χ1n) is 7.96. The third-order valence-corrected chi connectivity index (χ3v) is 5.29. The van der Waals surface area contributed by atoms with Gasteiger partial charge < -0.3 is 10.2 Å². The van der Waals surface area contributed by atoms with Crippen molar-refractivity contribution < 1.29 is 4.79 Å². The van der Waals surface area contributed by atoms with E-state index in [-0.39, 0.29) is 11.4 Å². The number of rotatable bonds is 2. The molecule has 1 aliphatic carbocycles. The first-order chi connectivity index (χ1) is 10.2. The van der Waals surface area contributed by atoms with E-state index in [4.69, 9.17) is 11.6 Å². The Morgan fingerprint density at radius 2 is 2.00 bits per heavy atom. The molecule has 1 amide bonds. The van der Waals surface area contributed by atoms with Crippen molar-refractivity contribution in [2.75, 3.05) is 19.6 Å². The lowest BCUT2D eigenvalue weighted by atomic mass is 9.78. The van der Waals surface area contributed by atoms with Crippen molar-refractivity contribution in [1.82, 2.24) is 10.2 Å². The standard InChI is InChI=1S/C17H23ClN2O/c18-15-7-3-2-6-14(15)12-16(21)20-11-10-19-13-17(20)8-4-1-5-9-17/h2-3,6-7,19H,1,4-5,8-13H2. The maximum Gasteiger partial charge on any atom is 0.227 e. The molecule has 1 aromatic rings. The van der Waals surface area contributed by atoms with E-state index in [1.165, 1.54) is 19.3 Å². The Labute approximate surface area is 131 Å². The first kappa shape index (κ1) is 14.9. The normalized spacial score (nSPS) is 21.5. The van der Waals surface area contributed by atoms with E-state index in [2.05, 4.69) is 10.2 Å². The van der Waals surface area contributed by atoms with Crippen LogP contribution in [-0.2, 0) is 11.2 Å². The number of benzene rings is 1. The van der Waals surface area contributed by atoms with E-state index >= 15 is 0 Å². The molecule has 21 heavy (non-hydrogen) atoms. The van der Waals surface area contributed by atoms with Gasteiger partial charge in [0.15, 0.2) is 0 Å². The number of amides is 1. The van der Waals surface area contributed by atoms with Gasteiger partial charge in [0.2, 0.25) is 5.91 Å². The zero-order chi connectivity index (χ0) is 14.7. The maximum atomic E-state index is 12.8. The number of hydrogen-bond acceptors (Lipinski definition) is 2. The maximum absolute atomic E-state index is 12.8. The van der Waals surface area contributed by atoms with Crippen molar-refractivity contribution in [1.29, 1.82) is 0 Å². The molecule has 0 atom stereocenters. The Bertz CT molecular complexity index is 503. The first-order valence-corrected chi connectivity index (χ1v) is 8.34. The van der Waals surface area contributed by atoms with E-state index in [1.807, 2.05) is 24.3 Å². The number of carbonyl (C=O) groups excluding carboxylic acids is 1. The van der Waals surface area contributed by atoms with Crippen LogP contribution in [0, 0.1) is 0 Å². The second-order valence-corrected chi connectivity index (χ2v) is 6.68. The predicted molar refractivity (Wildman–Crippen MR) is 85.6 cm³/mol. The topological polar surface area (TPSA) is 32.3 Å². The van der Waals surface area contributed by atoms with Crippen LogP contribution in [0.4, 0.5) is 0 Å². The van der Waals surface area contributed by atoms with Crippen LogP contribution >= 0.6 is 11.6 Å². The summed E-state index contributed by atoms with van der Waals surface area (Å²) in [4.78, 5) is 15.0. The van der Waals surface area contributed by atoms with E-state index in [9.17, 15) is 4.79 Å². The van der Waals surface area contributed by atoms with Crippen molar-refractivity contribution in [3.05, 3.63) is 34.9 Å². The summed E-state index contributed by atoms with van der Waals surface area (Å²) in [5, 5.41) is 4.18. The Balaban J connectivity index is 1.77. The minimum atomic E-state index is 0.0504. The third-order valence-electron chi connectivity index (χ3n) is 4.92. The summed E-state index contributed by atoms with van der Waals surface area (Å²) in [5.41, 5.74) is 0.989. The molecule has 0 unspecified atom stereocenters. The Morgan fingerprint density at radius 3 is 2.76 bits per heavy atom. The van der Waals surface area contributed by atoms with Gasteiger partial charge in [-0.2, -0.15) is 0 Å². The van der Waals surface area contributed by atoms with Crippen LogP contribution in [0.5, 0.6) is 0 Å². The molecular weight excluding hydrogens is 284 g/mol. The molecular formula is C17H23ClN2O. The molecule has 3 nitrogen and oxygen atoms in total. The van der Waals surface area contributed by atoms with Crippen LogP contribution in [-0.4, -0.2) is 36.0 Å². The smallest absolute Gasteiger partial charge is 0.227 e. The van der Waals surface area contributed by atoms with Crippen LogP contribution < -0.4 is 5.32 Å². The summed E-state index contributed by atoms with van der Waals surface area (Å²) >= 11 is 6.20. The van der Waals surface area contributed by atoms with Crippen LogP contribution in [0.3, 0.4) is 0 Å². The van der Waals surface area contributed by atoms with Gasteiger partial charge in [-0.25, -0.2) is 0 Å². The van der Waals surface area contributed by atoms with Gasteiger partial charge in [-0.15, -0.1) is 0 Å². The van der Waals surface area contributed by atoms with Crippen LogP contribution in [0.15, 0.2) is 24.3 Å². The molecule has 1 spiro atoms. The minimum Gasteiger partial charge on any atom is -0.334 e. The van der Waals surface area contributed by atoms with Crippen LogP contribution in [0.25, 0.3) is 0 Å². The fourth-order valence-corrected chi connectivity index (χ4v) is 3.99. The largest absolute Gasteiger partial charge is 0.334 e. The van der Waals surface area contributed by atoms with Gasteiger partial charge in [0.25, 0.3) is 0 Å². The van der Waals surface area contributed by atoms with Crippen molar-refractivity contribution in [3.8, 4) is 0 Å². The quantitative estimate of drug-likeness (QED) is 0.911. The molecule has 1 aromatic carbocycles. The fraction of sp³-hybridized carbons (Fsp3) is 0.588. The average molecular weight is 307 g/mol. The fourth-order valence-electron chi connectivity index (χ4n) is 3.79. The molecule has 0 bridgehead atoms. The van der Waals surface area contributed by atoms with Gasteiger partial charge in [0.05, 0.1) is 12.0 Å². The number of hydrogen-bond donors (Lipinski definition) is 1.